The number of hydrogen-bond acceptors (Lipinski definition) is 3. The van der Waals surface area contributed by atoms with Crippen LogP contribution in [0.3, 0.4) is 0 Å². The molecule has 0 aromatic heterocycles. The minimum atomic E-state index is -0.184. The number of carbonyl (C=O) groups excluding carboxylic acids is 2. The molecule has 3 aliphatic rings. The van der Waals surface area contributed by atoms with Crippen molar-refractivity contribution >= 4 is 28.3 Å². The average molecular weight is 511 g/mol. The van der Waals surface area contributed by atoms with E-state index in [1.54, 1.807) is 7.11 Å². The third-order valence-electron chi connectivity index (χ3n) is 9.82. The lowest BCUT2D eigenvalue weighted by Gasteiger charge is -2.50. The van der Waals surface area contributed by atoms with Crippen LogP contribution in [0, 0.1) is 23.2 Å². The van der Waals surface area contributed by atoms with Gasteiger partial charge in [-0.25, -0.2) is 4.79 Å². The standard InChI is InChI=1S/C33H38N2O3/c1-33-16-15-28-27-14-12-26(38-2)19-23(27)10-13-29(28)31(33)24(20-30(33)36)8-5-17-34-32(37)35-25-11-9-21-6-3-4-7-22(21)18-25/h3-4,6-7,9,11-12,14,18-19,24,28-29,31H,5,8,10,13,15-17,20H2,1-2H3,(H2,34,35,37)/t24-,28-,29-,31+,33-/m1/s1. The lowest BCUT2D eigenvalue weighted by Crippen LogP contribution is -2.44. The Morgan fingerprint density at radius 3 is 2.74 bits per heavy atom. The topological polar surface area (TPSA) is 67.4 Å². The van der Waals surface area contributed by atoms with Gasteiger partial charge in [-0.2, -0.15) is 0 Å². The molecule has 6 rings (SSSR count). The van der Waals surface area contributed by atoms with Crippen molar-refractivity contribution in [2.75, 3.05) is 19.0 Å². The van der Waals surface area contributed by atoms with Crippen LogP contribution in [0.25, 0.3) is 10.8 Å². The Morgan fingerprint density at radius 2 is 1.89 bits per heavy atom. The molecule has 2 amide bonds. The first-order chi connectivity index (χ1) is 18.5. The van der Waals surface area contributed by atoms with Crippen LogP contribution in [0.15, 0.2) is 60.7 Å². The highest BCUT2D eigenvalue weighted by Gasteiger charge is 2.58. The van der Waals surface area contributed by atoms with Crippen LogP contribution in [-0.4, -0.2) is 25.5 Å². The molecule has 0 radical (unpaired) electrons. The van der Waals surface area contributed by atoms with Crippen LogP contribution < -0.4 is 15.4 Å². The van der Waals surface area contributed by atoms with Crippen molar-refractivity contribution < 1.29 is 14.3 Å². The van der Waals surface area contributed by atoms with Crippen LogP contribution in [0.4, 0.5) is 10.5 Å². The number of urea groups is 1. The summed E-state index contributed by atoms with van der Waals surface area (Å²) < 4.78 is 5.48. The van der Waals surface area contributed by atoms with E-state index >= 15 is 0 Å². The molecule has 5 atom stereocenters. The van der Waals surface area contributed by atoms with Crippen molar-refractivity contribution in [1.29, 1.82) is 0 Å². The summed E-state index contributed by atoms with van der Waals surface area (Å²) in [7, 11) is 1.73. The van der Waals surface area contributed by atoms with Gasteiger partial charge in [-0.1, -0.05) is 43.3 Å². The van der Waals surface area contributed by atoms with E-state index in [9.17, 15) is 9.59 Å². The van der Waals surface area contributed by atoms with Gasteiger partial charge in [0.1, 0.15) is 11.5 Å². The predicted molar refractivity (Wildman–Crippen MR) is 152 cm³/mol. The molecule has 198 valence electrons. The summed E-state index contributed by atoms with van der Waals surface area (Å²) in [5.41, 5.74) is 3.52. The number of Topliss-reactive ketones (excluding diaryl/α,β-unsaturated/α-hetero) is 1. The van der Waals surface area contributed by atoms with Gasteiger partial charge in [0.2, 0.25) is 0 Å². The fourth-order valence-electron chi connectivity index (χ4n) is 8.02. The second kappa shape index (κ2) is 10.1. The molecule has 38 heavy (non-hydrogen) atoms. The summed E-state index contributed by atoms with van der Waals surface area (Å²) in [5, 5.41) is 8.25. The molecule has 0 heterocycles. The molecule has 5 nitrogen and oxygen atoms in total. The molecule has 0 aliphatic heterocycles. The molecule has 2 N–H and O–H groups in total. The summed E-state index contributed by atoms with van der Waals surface area (Å²) in [5.74, 6) is 3.36. The van der Waals surface area contributed by atoms with Crippen molar-refractivity contribution in [2.24, 2.45) is 23.2 Å². The number of ether oxygens (including phenoxy) is 1. The minimum absolute atomic E-state index is 0.176. The molecule has 0 spiro atoms. The third-order valence-corrected chi connectivity index (χ3v) is 9.82. The molecule has 0 saturated heterocycles. The monoisotopic (exact) mass is 510 g/mol. The molecule has 0 bridgehead atoms. The molecular formula is C33H38N2O3. The fraction of sp³-hybridized carbons (Fsp3) is 0.455. The van der Waals surface area contributed by atoms with E-state index in [2.05, 4.69) is 41.8 Å². The van der Waals surface area contributed by atoms with Crippen molar-refractivity contribution in [3.63, 3.8) is 0 Å². The smallest absolute Gasteiger partial charge is 0.319 e. The van der Waals surface area contributed by atoms with Gasteiger partial charge >= 0.3 is 6.03 Å². The molecule has 5 heteroatoms. The number of amides is 2. The third kappa shape index (κ3) is 4.46. The zero-order valence-corrected chi connectivity index (χ0v) is 22.5. The Kier molecular flexibility index (Phi) is 6.63. The Labute approximate surface area is 225 Å². The molecule has 3 aliphatic carbocycles. The van der Waals surface area contributed by atoms with Crippen molar-refractivity contribution in [3.05, 3.63) is 71.8 Å². The Morgan fingerprint density at radius 1 is 1.05 bits per heavy atom. The number of aryl methyl sites for hydroxylation is 1. The van der Waals surface area contributed by atoms with Crippen molar-refractivity contribution in [2.45, 2.75) is 57.8 Å². The maximum Gasteiger partial charge on any atom is 0.319 e. The second-order valence-corrected chi connectivity index (χ2v) is 11.8. The van der Waals surface area contributed by atoms with Crippen LogP contribution in [0.5, 0.6) is 5.75 Å². The van der Waals surface area contributed by atoms with Crippen LogP contribution in [-0.2, 0) is 11.2 Å². The van der Waals surface area contributed by atoms with E-state index in [-0.39, 0.29) is 11.4 Å². The molecule has 3 aromatic carbocycles. The lowest BCUT2D eigenvalue weighted by atomic mass is 9.54. The highest BCUT2D eigenvalue weighted by molar-refractivity contribution is 5.93. The van der Waals surface area contributed by atoms with Gasteiger partial charge in [-0.05, 0) is 108 Å². The normalized spacial score (nSPS) is 27.8. The van der Waals surface area contributed by atoms with Gasteiger partial charge in [-0.3, -0.25) is 4.79 Å². The average Bonchev–Trinajstić information content (AvgIpc) is 3.20. The van der Waals surface area contributed by atoms with E-state index in [0.29, 0.717) is 42.4 Å². The number of fused-ring (bicyclic) bond motifs is 6. The van der Waals surface area contributed by atoms with Gasteiger partial charge in [0.15, 0.2) is 0 Å². The molecule has 2 saturated carbocycles. The SMILES string of the molecule is COc1ccc2c(c1)CC[C@H]1[C@@H]3[C@H](CCCNC(=O)Nc4ccc5ccccc5c4)CC(=O)[C@@]3(C)CC[C@H]21. The van der Waals surface area contributed by atoms with E-state index in [1.807, 2.05) is 36.4 Å². The summed E-state index contributed by atoms with van der Waals surface area (Å²) in [6.07, 6.45) is 6.89. The zero-order chi connectivity index (χ0) is 26.3. The molecule has 2 fully saturated rings. The van der Waals surface area contributed by atoms with Gasteiger partial charge < -0.3 is 15.4 Å². The molecule has 0 unspecified atom stereocenters. The zero-order valence-electron chi connectivity index (χ0n) is 22.5. The number of hydrogen-bond donors (Lipinski definition) is 2. The van der Waals surface area contributed by atoms with Crippen molar-refractivity contribution in [3.8, 4) is 5.75 Å². The first-order valence-electron chi connectivity index (χ1n) is 14.2. The first-order valence-corrected chi connectivity index (χ1v) is 14.2. The largest absolute Gasteiger partial charge is 0.497 e. The lowest BCUT2D eigenvalue weighted by molar-refractivity contribution is -0.129. The van der Waals surface area contributed by atoms with E-state index in [1.165, 1.54) is 11.1 Å². The van der Waals surface area contributed by atoms with Gasteiger partial charge in [0, 0.05) is 24.1 Å². The van der Waals surface area contributed by atoms with E-state index in [4.69, 9.17) is 4.74 Å². The number of carbonyl (C=O) groups is 2. The number of anilines is 1. The van der Waals surface area contributed by atoms with Crippen molar-refractivity contribution in [1.82, 2.24) is 5.32 Å². The number of ketones is 1. The second-order valence-electron chi connectivity index (χ2n) is 11.8. The van der Waals surface area contributed by atoms with Crippen LogP contribution in [0.2, 0.25) is 0 Å². The van der Waals surface area contributed by atoms with Crippen LogP contribution >= 0.6 is 0 Å². The maximum atomic E-state index is 13.3. The number of nitrogens with one attached hydrogen (secondary N) is 2. The number of methoxy groups -OCH3 is 1. The highest BCUT2D eigenvalue weighted by Crippen LogP contribution is 2.62. The summed E-state index contributed by atoms with van der Waals surface area (Å²) >= 11 is 0. The summed E-state index contributed by atoms with van der Waals surface area (Å²) in [6, 6.07) is 20.5. The Bertz CT molecular complexity index is 1370. The van der Waals surface area contributed by atoms with E-state index in [0.717, 1.165) is 60.7 Å². The van der Waals surface area contributed by atoms with Gasteiger partial charge in [-0.15, -0.1) is 0 Å². The molecular weight excluding hydrogens is 472 g/mol. The highest BCUT2D eigenvalue weighted by atomic mass is 16.5. The van der Waals surface area contributed by atoms with Gasteiger partial charge in [0.05, 0.1) is 7.11 Å². The number of benzene rings is 3. The van der Waals surface area contributed by atoms with Gasteiger partial charge in [0.25, 0.3) is 0 Å². The summed E-state index contributed by atoms with van der Waals surface area (Å²) in [6.45, 7) is 2.86. The summed E-state index contributed by atoms with van der Waals surface area (Å²) in [4.78, 5) is 25.8. The minimum Gasteiger partial charge on any atom is -0.497 e. The Hall–Kier alpha value is -3.34. The maximum absolute atomic E-state index is 13.3. The Balaban J connectivity index is 1.07. The predicted octanol–water partition coefficient (Wildman–Crippen LogP) is 7.10. The first kappa shape index (κ1) is 25.0. The van der Waals surface area contributed by atoms with Crippen LogP contribution in [0.1, 0.15) is 62.5 Å². The number of rotatable bonds is 6. The van der Waals surface area contributed by atoms with E-state index < -0.39 is 0 Å². The quantitative estimate of drug-likeness (QED) is 0.348. The fourth-order valence-corrected chi connectivity index (χ4v) is 8.02. The molecule has 3 aromatic rings.